The second-order valence-electron chi connectivity index (χ2n) is 2.46. The molecule has 0 rings (SSSR count). The molecule has 2 N–H and O–H groups in total. The zero-order chi connectivity index (χ0) is 8.69. The molecule has 0 aromatic carbocycles. The Morgan fingerprint density at radius 3 is 2.64 bits per heavy atom. The van der Waals surface area contributed by atoms with Crippen molar-refractivity contribution >= 4 is 13.8 Å². The maximum atomic E-state index is 10.4. The molecule has 0 saturated heterocycles. The zero-order valence-corrected chi connectivity index (χ0v) is 6.84. The predicted molar refractivity (Wildman–Crippen MR) is 44.9 cm³/mol. The number of carboxylic acids is 1. The normalized spacial score (nSPS) is 12.8. The van der Waals surface area contributed by atoms with E-state index in [0.717, 1.165) is 12.8 Å². The number of aliphatic carboxylic acids is 1. The molecule has 2 radical (unpaired) electrons. The van der Waals surface area contributed by atoms with Gasteiger partial charge in [-0.05, 0) is 13.5 Å². The first-order chi connectivity index (χ1) is 5.22. The molecule has 0 aromatic rings. The first-order valence-electron chi connectivity index (χ1n) is 3.82. The zero-order valence-electron chi connectivity index (χ0n) is 6.84. The Kier molecular flexibility index (Phi) is 5.94. The summed E-state index contributed by atoms with van der Waals surface area (Å²) in [5, 5.41) is 11.3. The van der Waals surface area contributed by atoms with Crippen LogP contribution in [0.3, 0.4) is 0 Å². The summed E-state index contributed by atoms with van der Waals surface area (Å²) in [6, 6.07) is -0.415. The standard InChI is InChI=1S/C7H14BNO2/c1-9-6(7(10)11)4-2-3-5-8/h6,9H,2-5H2,1H3,(H,10,11). The SMILES string of the molecule is [B]CCCCC(NC)C(=O)O. The maximum Gasteiger partial charge on any atom is 0.320 e. The third kappa shape index (κ3) is 4.84. The summed E-state index contributed by atoms with van der Waals surface area (Å²) in [4.78, 5) is 10.4. The molecular weight excluding hydrogens is 141 g/mol. The lowest BCUT2D eigenvalue weighted by molar-refractivity contribution is -0.139. The number of likely N-dealkylation sites (N-methyl/N-ethyl adjacent to an activating group) is 1. The van der Waals surface area contributed by atoms with Crippen molar-refractivity contribution in [3.05, 3.63) is 0 Å². The van der Waals surface area contributed by atoms with Crippen LogP contribution in [0.5, 0.6) is 0 Å². The van der Waals surface area contributed by atoms with E-state index in [2.05, 4.69) is 5.32 Å². The average molecular weight is 155 g/mol. The molecule has 1 unspecified atom stereocenters. The fraction of sp³-hybridized carbons (Fsp3) is 0.857. The number of hydrogen-bond acceptors (Lipinski definition) is 2. The van der Waals surface area contributed by atoms with Gasteiger partial charge in [0, 0.05) is 0 Å². The number of nitrogens with one attached hydrogen (secondary N) is 1. The minimum atomic E-state index is -0.787. The molecule has 0 fully saturated rings. The van der Waals surface area contributed by atoms with Gasteiger partial charge >= 0.3 is 5.97 Å². The van der Waals surface area contributed by atoms with E-state index in [9.17, 15) is 4.79 Å². The van der Waals surface area contributed by atoms with Gasteiger partial charge in [-0.2, -0.15) is 0 Å². The van der Waals surface area contributed by atoms with Crippen LogP contribution in [-0.4, -0.2) is 32.0 Å². The first kappa shape index (κ1) is 10.5. The fourth-order valence-corrected chi connectivity index (χ4v) is 0.884. The Balaban J connectivity index is 3.44. The third-order valence-electron chi connectivity index (χ3n) is 1.59. The maximum absolute atomic E-state index is 10.4. The summed E-state index contributed by atoms with van der Waals surface area (Å²) in [5.41, 5.74) is 0. The van der Waals surface area contributed by atoms with Gasteiger partial charge in [0.25, 0.3) is 0 Å². The molecular formula is C7H14BNO2. The minimum absolute atomic E-state index is 0.415. The summed E-state index contributed by atoms with van der Waals surface area (Å²) in [6.07, 6.45) is 3.05. The van der Waals surface area contributed by atoms with Gasteiger partial charge in [-0.25, -0.2) is 0 Å². The topological polar surface area (TPSA) is 49.3 Å². The van der Waals surface area contributed by atoms with Crippen LogP contribution in [0.15, 0.2) is 0 Å². The first-order valence-corrected chi connectivity index (χ1v) is 3.82. The van der Waals surface area contributed by atoms with Crippen LogP contribution in [0.4, 0.5) is 0 Å². The van der Waals surface area contributed by atoms with E-state index < -0.39 is 12.0 Å². The Bertz CT molecular complexity index is 119. The van der Waals surface area contributed by atoms with Crippen LogP contribution in [-0.2, 0) is 4.79 Å². The largest absolute Gasteiger partial charge is 0.480 e. The Hall–Kier alpha value is -0.505. The molecule has 0 amide bonds. The van der Waals surface area contributed by atoms with Crippen molar-refractivity contribution in [3.63, 3.8) is 0 Å². The highest BCUT2D eigenvalue weighted by molar-refractivity contribution is 6.08. The van der Waals surface area contributed by atoms with Crippen LogP contribution in [0.2, 0.25) is 6.32 Å². The Morgan fingerprint density at radius 2 is 2.27 bits per heavy atom. The highest BCUT2D eigenvalue weighted by Crippen LogP contribution is 2.02. The number of unbranched alkanes of at least 4 members (excludes halogenated alkanes) is 1. The molecule has 11 heavy (non-hydrogen) atoms. The van der Waals surface area contributed by atoms with Crippen molar-refractivity contribution in [1.82, 2.24) is 5.32 Å². The molecule has 0 saturated carbocycles. The monoisotopic (exact) mass is 155 g/mol. The number of carbonyl (C=O) groups is 1. The summed E-state index contributed by atoms with van der Waals surface area (Å²) >= 11 is 0. The van der Waals surface area contributed by atoms with Gasteiger partial charge in [0.1, 0.15) is 6.04 Å². The quantitative estimate of drug-likeness (QED) is 0.431. The van der Waals surface area contributed by atoms with Gasteiger partial charge in [-0.15, -0.1) is 0 Å². The van der Waals surface area contributed by atoms with E-state index in [1.54, 1.807) is 7.05 Å². The molecule has 0 aliphatic carbocycles. The second-order valence-corrected chi connectivity index (χ2v) is 2.46. The van der Waals surface area contributed by atoms with Gasteiger partial charge in [-0.3, -0.25) is 4.79 Å². The molecule has 0 aliphatic rings. The molecule has 4 heteroatoms. The van der Waals surface area contributed by atoms with Crippen molar-refractivity contribution < 1.29 is 9.90 Å². The number of hydrogen-bond donors (Lipinski definition) is 2. The van der Waals surface area contributed by atoms with Gasteiger partial charge < -0.3 is 10.4 Å². The fourth-order valence-electron chi connectivity index (χ4n) is 0.884. The van der Waals surface area contributed by atoms with Crippen LogP contribution in [0.25, 0.3) is 0 Å². The van der Waals surface area contributed by atoms with E-state index in [4.69, 9.17) is 13.0 Å². The highest BCUT2D eigenvalue weighted by Gasteiger charge is 2.12. The lowest BCUT2D eigenvalue weighted by atomic mass is 9.98. The van der Waals surface area contributed by atoms with Crippen molar-refractivity contribution in [3.8, 4) is 0 Å². The molecule has 0 spiro atoms. The Labute approximate surface area is 68.6 Å². The molecule has 1 atom stereocenters. The average Bonchev–Trinajstić information content (AvgIpc) is 1.97. The smallest absolute Gasteiger partial charge is 0.320 e. The summed E-state index contributed by atoms with van der Waals surface area (Å²) in [5.74, 6) is -0.787. The van der Waals surface area contributed by atoms with Crippen molar-refractivity contribution in [1.29, 1.82) is 0 Å². The molecule has 0 aromatic heterocycles. The van der Waals surface area contributed by atoms with Crippen LogP contribution in [0, 0.1) is 0 Å². The number of carboxylic acid groups (broad SMARTS) is 1. The van der Waals surface area contributed by atoms with Gasteiger partial charge in [-0.1, -0.05) is 19.2 Å². The lowest BCUT2D eigenvalue weighted by Gasteiger charge is -2.09. The molecule has 0 aliphatic heterocycles. The van der Waals surface area contributed by atoms with E-state index in [0.29, 0.717) is 12.7 Å². The van der Waals surface area contributed by atoms with Gasteiger partial charge in [0.05, 0.1) is 7.85 Å². The van der Waals surface area contributed by atoms with Crippen molar-refractivity contribution in [2.24, 2.45) is 0 Å². The summed E-state index contributed by atoms with van der Waals surface area (Å²) < 4.78 is 0. The lowest BCUT2D eigenvalue weighted by Crippen LogP contribution is -2.33. The second kappa shape index (κ2) is 6.22. The van der Waals surface area contributed by atoms with E-state index in [1.807, 2.05) is 0 Å². The van der Waals surface area contributed by atoms with Crippen LogP contribution in [0.1, 0.15) is 19.3 Å². The van der Waals surface area contributed by atoms with Crippen LogP contribution < -0.4 is 5.32 Å². The third-order valence-corrected chi connectivity index (χ3v) is 1.59. The number of rotatable bonds is 6. The van der Waals surface area contributed by atoms with Crippen LogP contribution >= 0.6 is 0 Å². The predicted octanol–water partition coefficient (Wildman–Crippen LogP) is 0.416. The van der Waals surface area contributed by atoms with E-state index in [1.165, 1.54) is 0 Å². The summed E-state index contributed by atoms with van der Waals surface area (Å²) in [7, 11) is 6.92. The molecule has 3 nitrogen and oxygen atoms in total. The van der Waals surface area contributed by atoms with Gasteiger partial charge in [0.15, 0.2) is 0 Å². The molecule has 0 heterocycles. The van der Waals surface area contributed by atoms with E-state index in [-0.39, 0.29) is 0 Å². The molecule has 0 bridgehead atoms. The molecule has 62 valence electrons. The summed E-state index contributed by atoms with van der Waals surface area (Å²) in [6.45, 7) is 0. The van der Waals surface area contributed by atoms with Crippen molar-refractivity contribution in [2.45, 2.75) is 31.6 Å². The van der Waals surface area contributed by atoms with E-state index >= 15 is 0 Å². The Morgan fingerprint density at radius 1 is 1.64 bits per heavy atom. The highest BCUT2D eigenvalue weighted by atomic mass is 16.4. The minimum Gasteiger partial charge on any atom is -0.480 e. The van der Waals surface area contributed by atoms with Crippen molar-refractivity contribution in [2.75, 3.05) is 7.05 Å². The van der Waals surface area contributed by atoms with Gasteiger partial charge in [0.2, 0.25) is 0 Å².